The van der Waals surface area contributed by atoms with Crippen LogP contribution in [0.2, 0.25) is 0 Å². The van der Waals surface area contributed by atoms with E-state index in [0.29, 0.717) is 11.4 Å². The smallest absolute Gasteiger partial charge is 0.254 e. The van der Waals surface area contributed by atoms with E-state index in [1.807, 2.05) is 18.2 Å². The second-order valence-electron chi connectivity index (χ2n) is 6.26. The number of nitrogens with one attached hydrogen (secondary N) is 1. The minimum Gasteiger partial charge on any atom is -0.345 e. The van der Waals surface area contributed by atoms with Crippen molar-refractivity contribution in [2.45, 2.75) is 25.2 Å². The van der Waals surface area contributed by atoms with Gasteiger partial charge in [-0.3, -0.25) is 9.59 Å². The lowest BCUT2D eigenvalue weighted by molar-refractivity contribution is -0.117. The third-order valence-corrected chi connectivity index (χ3v) is 4.35. The van der Waals surface area contributed by atoms with Crippen LogP contribution < -0.4 is 5.32 Å². The van der Waals surface area contributed by atoms with Crippen LogP contribution in [0.15, 0.2) is 42.6 Å². The largest absolute Gasteiger partial charge is 0.345 e. The Morgan fingerprint density at radius 2 is 1.96 bits per heavy atom. The number of fused-ring (bicyclic) bond motifs is 1. The molecule has 2 aromatic rings. The van der Waals surface area contributed by atoms with Crippen LogP contribution in [0.5, 0.6) is 0 Å². The van der Waals surface area contributed by atoms with E-state index in [0.717, 1.165) is 24.8 Å². The number of carbonyl (C=O) groups is 2. The van der Waals surface area contributed by atoms with E-state index in [4.69, 9.17) is 0 Å². The molecule has 3 rings (SSSR count). The fourth-order valence-electron chi connectivity index (χ4n) is 3.09. The van der Waals surface area contributed by atoms with E-state index in [9.17, 15) is 9.59 Å². The van der Waals surface area contributed by atoms with Crippen LogP contribution in [0.3, 0.4) is 0 Å². The number of aryl methyl sites for hydroxylation is 1. The number of carbonyl (C=O) groups excluding carboxylic acids is 2. The van der Waals surface area contributed by atoms with Gasteiger partial charge in [0.15, 0.2) is 0 Å². The highest BCUT2D eigenvalue weighted by Crippen LogP contribution is 2.32. The summed E-state index contributed by atoms with van der Waals surface area (Å²) in [5, 5.41) is 2.87. The third kappa shape index (κ3) is 3.30. The molecule has 0 fully saturated rings. The lowest BCUT2D eigenvalue weighted by atomic mass is 9.82. The number of aromatic nitrogens is 1. The van der Waals surface area contributed by atoms with Crippen molar-refractivity contribution in [2.24, 2.45) is 0 Å². The van der Waals surface area contributed by atoms with Gasteiger partial charge in [0.25, 0.3) is 5.91 Å². The van der Waals surface area contributed by atoms with Gasteiger partial charge in [0, 0.05) is 20.3 Å². The molecule has 5 nitrogen and oxygen atoms in total. The van der Waals surface area contributed by atoms with E-state index < -0.39 is 0 Å². The summed E-state index contributed by atoms with van der Waals surface area (Å²) in [4.78, 5) is 30.2. The normalized spacial score (nSPS) is 16.2. The van der Waals surface area contributed by atoms with Gasteiger partial charge < -0.3 is 10.2 Å². The predicted molar refractivity (Wildman–Crippen MR) is 93.0 cm³/mol. The fraction of sp³-hybridized carbons (Fsp3) is 0.316. The number of hydrogen-bond acceptors (Lipinski definition) is 3. The predicted octanol–water partition coefficient (Wildman–Crippen LogP) is 2.84. The standard InChI is InChI=1S/C19H21N3O2/c1-22(2)19(24)14-10-11-17(20-12-14)21-18(23)16-9-5-7-13-6-3-4-8-15(13)16/h3-4,6,8,10-12,16H,5,7,9H2,1-2H3,(H,20,21,23). The summed E-state index contributed by atoms with van der Waals surface area (Å²) in [6.07, 6.45) is 4.38. The SMILES string of the molecule is CN(C)C(=O)c1ccc(NC(=O)C2CCCc3ccccc32)nc1. The first-order valence-electron chi connectivity index (χ1n) is 8.12. The highest BCUT2D eigenvalue weighted by Gasteiger charge is 2.26. The van der Waals surface area contributed by atoms with Gasteiger partial charge in [-0.1, -0.05) is 24.3 Å². The summed E-state index contributed by atoms with van der Waals surface area (Å²) in [5.74, 6) is 0.182. The Morgan fingerprint density at radius 1 is 1.17 bits per heavy atom. The molecule has 24 heavy (non-hydrogen) atoms. The van der Waals surface area contributed by atoms with Gasteiger partial charge in [0.1, 0.15) is 5.82 Å². The molecule has 1 heterocycles. The lowest BCUT2D eigenvalue weighted by Crippen LogP contribution is -2.25. The van der Waals surface area contributed by atoms with Crippen molar-refractivity contribution in [3.05, 3.63) is 59.3 Å². The molecule has 124 valence electrons. The van der Waals surface area contributed by atoms with Crippen LogP contribution in [0, 0.1) is 0 Å². The second kappa shape index (κ2) is 6.83. The summed E-state index contributed by atoms with van der Waals surface area (Å²) < 4.78 is 0. The van der Waals surface area contributed by atoms with Gasteiger partial charge in [-0.15, -0.1) is 0 Å². The van der Waals surface area contributed by atoms with Crippen LogP contribution in [-0.4, -0.2) is 35.8 Å². The maximum Gasteiger partial charge on any atom is 0.254 e. The maximum atomic E-state index is 12.6. The lowest BCUT2D eigenvalue weighted by Gasteiger charge is -2.24. The molecule has 1 aromatic heterocycles. The van der Waals surface area contributed by atoms with Crippen molar-refractivity contribution in [2.75, 3.05) is 19.4 Å². The van der Waals surface area contributed by atoms with E-state index in [-0.39, 0.29) is 17.7 Å². The zero-order valence-corrected chi connectivity index (χ0v) is 14.0. The Kier molecular flexibility index (Phi) is 4.60. The van der Waals surface area contributed by atoms with E-state index >= 15 is 0 Å². The van der Waals surface area contributed by atoms with Crippen LogP contribution >= 0.6 is 0 Å². The Balaban J connectivity index is 1.73. The van der Waals surface area contributed by atoms with Gasteiger partial charge in [0.2, 0.25) is 5.91 Å². The molecular formula is C19H21N3O2. The molecule has 2 amide bonds. The Labute approximate surface area is 141 Å². The van der Waals surface area contributed by atoms with E-state index in [1.165, 1.54) is 16.7 Å². The molecule has 1 aliphatic carbocycles. The Hall–Kier alpha value is -2.69. The van der Waals surface area contributed by atoms with Crippen molar-refractivity contribution in [1.82, 2.24) is 9.88 Å². The molecule has 1 N–H and O–H groups in total. The van der Waals surface area contributed by atoms with Crippen molar-refractivity contribution >= 4 is 17.6 Å². The van der Waals surface area contributed by atoms with Crippen LogP contribution in [0.4, 0.5) is 5.82 Å². The summed E-state index contributed by atoms with van der Waals surface area (Å²) in [6.45, 7) is 0. The van der Waals surface area contributed by atoms with E-state index in [2.05, 4.69) is 16.4 Å². The fourth-order valence-corrected chi connectivity index (χ4v) is 3.09. The number of anilines is 1. The molecule has 0 saturated carbocycles. The van der Waals surface area contributed by atoms with Gasteiger partial charge in [-0.05, 0) is 42.5 Å². The highest BCUT2D eigenvalue weighted by molar-refractivity contribution is 5.96. The maximum absolute atomic E-state index is 12.6. The van der Waals surface area contributed by atoms with Gasteiger partial charge in [-0.25, -0.2) is 4.98 Å². The monoisotopic (exact) mass is 323 g/mol. The molecule has 0 saturated heterocycles. The van der Waals surface area contributed by atoms with Crippen molar-refractivity contribution in [1.29, 1.82) is 0 Å². The molecule has 0 aliphatic heterocycles. The number of benzene rings is 1. The number of amides is 2. The van der Waals surface area contributed by atoms with Crippen molar-refractivity contribution < 1.29 is 9.59 Å². The Morgan fingerprint density at radius 3 is 2.67 bits per heavy atom. The average Bonchev–Trinajstić information content (AvgIpc) is 2.61. The molecule has 1 aromatic carbocycles. The minimum absolute atomic E-state index is 0.0404. The van der Waals surface area contributed by atoms with Gasteiger partial charge in [-0.2, -0.15) is 0 Å². The highest BCUT2D eigenvalue weighted by atomic mass is 16.2. The third-order valence-electron chi connectivity index (χ3n) is 4.35. The van der Waals surface area contributed by atoms with E-state index in [1.54, 1.807) is 26.2 Å². The minimum atomic E-state index is -0.139. The molecule has 1 aliphatic rings. The van der Waals surface area contributed by atoms with Crippen LogP contribution in [0.1, 0.15) is 40.2 Å². The number of hydrogen-bond donors (Lipinski definition) is 1. The number of pyridine rings is 1. The van der Waals surface area contributed by atoms with Crippen molar-refractivity contribution in [3.8, 4) is 0 Å². The second-order valence-corrected chi connectivity index (χ2v) is 6.26. The average molecular weight is 323 g/mol. The Bertz CT molecular complexity index is 753. The first-order valence-corrected chi connectivity index (χ1v) is 8.12. The molecule has 1 atom stereocenters. The summed E-state index contributed by atoms with van der Waals surface area (Å²) >= 11 is 0. The molecule has 0 spiro atoms. The summed E-state index contributed by atoms with van der Waals surface area (Å²) in [5.41, 5.74) is 2.87. The molecule has 0 bridgehead atoms. The van der Waals surface area contributed by atoms with Crippen LogP contribution in [-0.2, 0) is 11.2 Å². The first-order chi connectivity index (χ1) is 11.6. The van der Waals surface area contributed by atoms with Gasteiger partial charge >= 0.3 is 0 Å². The zero-order chi connectivity index (χ0) is 17.1. The summed E-state index contributed by atoms with van der Waals surface area (Å²) in [7, 11) is 3.39. The summed E-state index contributed by atoms with van der Waals surface area (Å²) in [6, 6.07) is 11.5. The first kappa shape index (κ1) is 16.2. The zero-order valence-electron chi connectivity index (χ0n) is 14.0. The quantitative estimate of drug-likeness (QED) is 0.945. The molecule has 0 radical (unpaired) electrons. The van der Waals surface area contributed by atoms with Crippen molar-refractivity contribution in [3.63, 3.8) is 0 Å². The molecular weight excluding hydrogens is 302 g/mol. The topological polar surface area (TPSA) is 62.3 Å². The molecule has 1 unspecified atom stereocenters. The molecule has 5 heteroatoms. The number of rotatable bonds is 3. The number of nitrogens with zero attached hydrogens (tertiary/aromatic N) is 2. The van der Waals surface area contributed by atoms with Crippen LogP contribution in [0.25, 0.3) is 0 Å². The van der Waals surface area contributed by atoms with Gasteiger partial charge in [0.05, 0.1) is 11.5 Å².